The van der Waals surface area contributed by atoms with Gasteiger partial charge in [0.25, 0.3) is 10.0 Å². The molecule has 0 fully saturated rings. The zero-order chi connectivity index (χ0) is 14.4. The molecule has 0 saturated heterocycles. The molecule has 4 nitrogen and oxygen atoms in total. The fourth-order valence-corrected chi connectivity index (χ4v) is 2.52. The third-order valence-corrected chi connectivity index (χ3v) is 3.80. The molecule has 0 bridgehead atoms. The van der Waals surface area contributed by atoms with Gasteiger partial charge in [-0.3, -0.25) is 0 Å². The lowest BCUT2D eigenvalue weighted by Crippen LogP contribution is -1.97. The van der Waals surface area contributed by atoms with Crippen molar-refractivity contribution in [2.24, 2.45) is 4.40 Å². The van der Waals surface area contributed by atoms with Crippen molar-refractivity contribution in [3.05, 3.63) is 60.2 Å². The monoisotopic (exact) mass is 289 g/mol. The zero-order valence-corrected chi connectivity index (χ0v) is 11.9. The van der Waals surface area contributed by atoms with E-state index in [-0.39, 0.29) is 4.90 Å². The van der Waals surface area contributed by atoms with E-state index < -0.39 is 10.0 Å². The van der Waals surface area contributed by atoms with Crippen molar-refractivity contribution in [2.75, 3.05) is 6.61 Å². The van der Waals surface area contributed by atoms with E-state index in [1.54, 1.807) is 36.4 Å². The summed E-state index contributed by atoms with van der Waals surface area (Å²) in [5.74, 6) is 0.688. The van der Waals surface area contributed by atoms with Gasteiger partial charge < -0.3 is 4.74 Å². The molecule has 0 heterocycles. The topological polar surface area (TPSA) is 55.7 Å². The van der Waals surface area contributed by atoms with E-state index >= 15 is 0 Å². The molecule has 0 aliphatic carbocycles. The van der Waals surface area contributed by atoms with E-state index in [0.29, 0.717) is 17.9 Å². The van der Waals surface area contributed by atoms with Gasteiger partial charge in [-0.25, -0.2) is 0 Å². The van der Waals surface area contributed by atoms with Gasteiger partial charge in [-0.2, -0.15) is 12.8 Å². The summed E-state index contributed by atoms with van der Waals surface area (Å²) in [4.78, 5) is 0.178. The van der Waals surface area contributed by atoms with Crippen LogP contribution < -0.4 is 4.74 Å². The van der Waals surface area contributed by atoms with Crippen molar-refractivity contribution in [1.29, 1.82) is 0 Å². The minimum Gasteiger partial charge on any atom is -0.494 e. The predicted molar refractivity (Wildman–Crippen MR) is 78.8 cm³/mol. The maximum atomic E-state index is 12.0. The van der Waals surface area contributed by atoms with Crippen LogP contribution in [0.4, 0.5) is 0 Å². The van der Waals surface area contributed by atoms with E-state index in [0.717, 1.165) is 0 Å². The molecule has 2 aromatic carbocycles. The lowest BCUT2D eigenvalue weighted by atomic mass is 10.2. The summed E-state index contributed by atoms with van der Waals surface area (Å²) < 4.78 is 33.0. The maximum Gasteiger partial charge on any atom is 0.282 e. The predicted octanol–water partition coefficient (Wildman–Crippen LogP) is 2.89. The molecule has 0 spiro atoms. The van der Waals surface area contributed by atoms with Gasteiger partial charge in [-0.05, 0) is 36.8 Å². The standard InChI is InChI=1S/C15H15NO3S/c1-2-19-14-8-6-7-13(11-14)12-16-20(17,18)15-9-4-3-5-10-15/h3-12H,2H2,1H3/b16-12-. The van der Waals surface area contributed by atoms with E-state index in [1.165, 1.54) is 18.3 Å². The molecule has 0 aliphatic rings. The molecule has 0 amide bonds. The fraction of sp³-hybridized carbons (Fsp3) is 0.133. The van der Waals surface area contributed by atoms with Crippen molar-refractivity contribution >= 4 is 16.2 Å². The molecule has 5 heteroatoms. The number of benzene rings is 2. The highest BCUT2D eigenvalue weighted by atomic mass is 32.2. The van der Waals surface area contributed by atoms with Crippen molar-refractivity contribution in [3.8, 4) is 5.75 Å². The van der Waals surface area contributed by atoms with Crippen LogP contribution in [0.25, 0.3) is 0 Å². The van der Waals surface area contributed by atoms with Crippen LogP contribution in [-0.4, -0.2) is 21.2 Å². The van der Waals surface area contributed by atoms with Gasteiger partial charge in [0.2, 0.25) is 0 Å². The summed E-state index contributed by atoms with van der Waals surface area (Å²) in [6.07, 6.45) is 1.32. The smallest absolute Gasteiger partial charge is 0.282 e. The van der Waals surface area contributed by atoms with Gasteiger partial charge in [-0.1, -0.05) is 30.3 Å². The van der Waals surface area contributed by atoms with Gasteiger partial charge in [0, 0.05) is 6.21 Å². The fourth-order valence-electron chi connectivity index (χ4n) is 1.63. The Morgan fingerprint density at radius 2 is 1.85 bits per heavy atom. The summed E-state index contributed by atoms with van der Waals surface area (Å²) in [6.45, 7) is 2.45. The quantitative estimate of drug-likeness (QED) is 0.795. The van der Waals surface area contributed by atoms with Crippen LogP contribution in [0.2, 0.25) is 0 Å². The van der Waals surface area contributed by atoms with Crippen LogP contribution >= 0.6 is 0 Å². The van der Waals surface area contributed by atoms with E-state index in [2.05, 4.69) is 4.40 Å². The number of sulfonamides is 1. The summed E-state index contributed by atoms with van der Waals surface area (Å²) in [6, 6.07) is 15.2. The summed E-state index contributed by atoms with van der Waals surface area (Å²) in [5.41, 5.74) is 0.676. The average molecular weight is 289 g/mol. The van der Waals surface area contributed by atoms with Crippen LogP contribution in [0, 0.1) is 0 Å². The first-order valence-corrected chi connectivity index (χ1v) is 7.64. The average Bonchev–Trinajstić information content (AvgIpc) is 2.47. The first-order chi connectivity index (χ1) is 9.62. The van der Waals surface area contributed by atoms with Crippen molar-refractivity contribution in [2.45, 2.75) is 11.8 Å². The molecular formula is C15H15NO3S. The Bertz CT molecular complexity index is 694. The highest BCUT2D eigenvalue weighted by Gasteiger charge is 2.10. The van der Waals surface area contributed by atoms with E-state index in [4.69, 9.17) is 4.74 Å². The number of ether oxygens (including phenoxy) is 1. The molecule has 104 valence electrons. The second-order valence-corrected chi connectivity index (χ2v) is 5.66. The van der Waals surface area contributed by atoms with Crippen molar-refractivity contribution in [1.82, 2.24) is 0 Å². The lowest BCUT2D eigenvalue weighted by Gasteiger charge is -2.03. The zero-order valence-electron chi connectivity index (χ0n) is 11.1. The second kappa shape index (κ2) is 6.34. The molecule has 0 N–H and O–H groups in total. The number of nitrogens with zero attached hydrogens (tertiary/aromatic N) is 1. The Kier molecular flexibility index (Phi) is 4.53. The molecule has 0 atom stereocenters. The minimum absolute atomic E-state index is 0.178. The van der Waals surface area contributed by atoms with E-state index in [9.17, 15) is 8.42 Å². The van der Waals surface area contributed by atoms with E-state index in [1.807, 2.05) is 13.0 Å². The minimum atomic E-state index is -3.65. The first-order valence-electron chi connectivity index (χ1n) is 6.20. The van der Waals surface area contributed by atoms with Crippen molar-refractivity contribution in [3.63, 3.8) is 0 Å². The van der Waals surface area contributed by atoms with Crippen LogP contribution in [-0.2, 0) is 10.0 Å². The Hall–Kier alpha value is -2.14. The van der Waals surface area contributed by atoms with Crippen LogP contribution in [0.5, 0.6) is 5.75 Å². The highest BCUT2D eigenvalue weighted by Crippen LogP contribution is 2.14. The van der Waals surface area contributed by atoms with Gasteiger partial charge in [-0.15, -0.1) is 0 Å². The van der Waals surface area contributed by atoms with Crippen LogP contribution in [0.1, 0.15) is 12.5 Å². The molecule has 0 aliphatic heterocycles. The third-order valence-electron chi connectivity index (χ3n) is 2.55. The number of hydrogen-bond donors (Lipinski definition) is 0. The molecular weight excluding hydrogens is 274 g/mol. The molecule has 2 aromatic rings. The Morgan fingerprint density at radius 1 is 1.10 bits per heavy atom. The second-order valence-electron chi connectivity index (χ2n) is 4.03. The van der Waals surface area contributed by atoms with Gasteiger partial charge in [0.1, 0.15) is 5.75 Å². The Balaban J connectivity index is 2.23. The SMILES string of the molecule is CCOc1cccc(/C=N\S(=O)(=O)c2ccccc2)c1. The summed E-state index contributed by atoms with van der Waals surface area (Å²) in [5, 5.41) is 0. The normalized spacial score (nSPS) is 11.7. The lowest BCUT2D eigenvalue weighted by molar-refractivity contribution is 0.340. The van der Waals surface area contributed by atoms with Gasteiger partial charge >= 0.3 is 0 Å². The molecule has 20 heavy (non-hydrogen) atoms. The molecule has 0 aromatic heterocycles. The maximum absolute atomic E-state index is 12.0. The first kappa shape index (κ1) is 14.3. The van der Waals surface area contributed by atoms with Crippen molar-refractivity contribution < 1.29 is 13.2 Å². The Labute approximate surface area is 118 Å². The van der Waals surface area contributed by atoms with Gasteiger partial charge in [0.05, 0.1) is 11.5 Å². The van der Waals surface area contributed by atoms with Gasteiger partial charge in [0.15, 0.2) is 0 Å². The number of hydrogen-bond acceptors (Lipinski definition) is 3. The summed E-state index contributed by atoms with van der Waals surface area (Å²) in [7, 11) is -3.65. The largest absolute Gasteiger partial charge is 0.494 e. The third kappa shape index (κ3) is 3.68. The summed E-state index contributed by atoms with van der Waals surface area (Å²) >= 11 is 0. The Morgan fingerprint density at radius 3 is 2.55 bits per heavy atom. The van der Waals surface area contributed by atoms with Crippen LogP contribution in [0.3, 0.4) is 0 Å². The van der Waals surface area contributed by atoms with Crippen LogP contribution in [0.15, 0.2) is 63.9 Å². The number of rotatable bonds is 5. The highest BCUT2D eigenvalue weighted by molar-refractivity contribution is 7.90. The molecule has 0 radical (unpaired) electrons. The molecule has 0 unspecified atom stereocenters. The molecule has 0 saturated carbocycles. The molecule has 2 rings (SSSR count).